The molecule has 0 aromatic heterocycles. The van der Waals surface area contributed by atoms with Gasteiger partial charge in [-0.15, -0.1) is 0 Å². The van der Waals surface area contributed by atoms with Crippen molar-refractivity contribution in [2.75, 3.05) is 0 Å². The van der Waals surface area contributed by atoms with Crippen LogP contribution in [0, 0.1) is 5.41 Å². The predicted octanol–water partition coefficient (Wildman–Crippen LogP) is 3.47. The summed E-state index contributed by atoms with van der Waals surface area (Å²) in [5.41, 5.74) is 8.97. The number of hydrogen-bond donors (Lipinski definition) is 7. The largest absolute Gasteiger partial charge is 0.508 e. The number of aliphatic carboxylic acids is 1. The van der Waals surface area contributed by atoms with Gasteiger partial charge in [0.05, 0.1) is 0 Å². The van der Waals surface area contributed by atoms with Gasteiger partial charge in [0.2, 0.25) is 11.8 Å². The number of amidine groups is 1. The highest BCUT2D eigenvalue weighted by molar-refractivity contribution is 7.96. The second kappa shape index (κ2) is 16.8. The molecule has 0 radical (unpaired) electrons. The van der Waals surface area contributed by atoms with Crippen molar-refractivity contribution in [1.82, 2.24) is 15.4 Å². The van der Waals surface area contributed by atoms with Crippen LogP contribution < -0.4 is 21.1 Å². The fourth-order valence-corrected chi connectivity index (χ4v) is 5.03. The van der Waals surface area contributed by atoms with E-state index in [0.717, 1.165) is 16.7 Å². The minimum absolute atomic E-state index is 0.0510. The van der Waals surface area contributed by atoms with E-state index in [9.17, 15) is 24.6 Å². The van der Waals surface area contributed by atoms with E-state index in [1.807, 2.05) is 42.5 Å². The molecule has 0 saturated carbocycles. The van der Waals surface area contributed by atoms with Crippen LogP contribution in [0.4, 0.5) is 0 Å². The maximum Gasteiger partial charge on any atom is 0.303 e. The molecule has 3 aromatic rings. The van der Waals surface area contributed by atoms with Crippen LogP contribution in [0.25, 0.3) is 0 Å². The molecule has 0 bridgehead atoms. The molecule has 10 nitrogen and oxygen atoms in total. The van der Waals surface area contributed by atoms with Gasteiger partial charge in [-0.3, -0.25) is 24.5 Å². The third-order valence-electron chi connectivity index (χ3n) is 6.51. The molecule has 0 aliphatic heterocycles. The van der Waals surface area contributed by atoms with Gasteiger partial charge in [0.15, 0.2) is 0 Å². The Morgan fingerprint density at radius 2 is 1.55 bits per heavy atom. The number of carbonyl (C=O) groups excluding carboxylic acids is 2. The van der Waals surface area contributed by atoms with Crippen molar-refractivity contribution in [2.45, 2.75) is 56.5 Å². The Morgan fingerprint density at radius 1 is 0.881 bits per heavy atom. The summed E-state index contributed by atoms with van der Waals surface area (Å²) in [6.45, 7) is 0.170. The highest BCUT2D eigenvalue weighted by Crippen LogP contribution is 2.16. The molecule has 0 aliphatic carbocycles. The molecule has 2 amide bonds. The minimum atomic E-state index is -1.06. The summed E-state index contributed by atoms with van der Waals surface area (Å²) in [4.78, 5) is 37.3. The van der Waals surface area contributed by atoms with Gasteiger partial charge in [0, 0.05) is 36.7 Å². The van der Waals surface area contributed by atoms with Crippen LogP contribution in [0.1, 0.15) is 47.9 Å². The van der Waals surface area contributed by atoms with E-state index in [1.54, 1.807) is 36.4 Å². The summed E-state index contributed by atoms with van der Waals surface area (Å²) >= 11 is 1.49. The minimum Gasteiger partial charge on any atom is -0.508 e. The van der Waals surface area contributed by atoms with Crippen LogP contribution in [0.2, 0.25) is 0 Å². The lowest BCUT2D eigenvalue weighted by Gasteiger charge is -2.21. The summed E-state index contributed by atoms with van der Waals surface area (Å²) in [6, 6.07) is 22.4. The molecule has 0 saturated heterocycles. The van der Waals surface area contributed by atoms with Gasteiger partial charge >= 0.3 is 5.97 Å². The molecular weight excluding hydrogens is 554 g/mol. The first-order valence-electron chi connectivity index (χ1n) is 13.6. The van der Waals surface area contributed by atoms with Crippen LogP contribution in [0.5, 0.6) is 5.75 Å². The number of nitrogens with one attached hydrogen (secondary N) is 4. The van der Waals surface area contributed by atoms with Crippen molar-refractivity contribution < 1.29 is 24.6 Å². The van der Waals surface area contributed by atoms with Crippen molar-refractivity contribution >= 4 is 35.6 Å². The van der Waals surface area contributed by atoms with E-state index in [2.05, 4.69) is 15.4 Å². The molecule has 2 atom stereocenters. The van der Waals surface area contributed by atoms with Crippen molar-refractivity contribution in [3.8, 4) is 5.75 Å². The Kier molecular flexibility index (Phi) is 12.9. The normalized spacial score (nSPS) is 12.2. The van der Waals surface area contributed by atoms with Crippen molar-refractivity contribution in [3.63, 3.8) is 0 Å². The Labute approximate surface area is 249 Å². The lowest BCUT2D eigenvalue weighted by molar-refractivity contribution is -0.138. The third-order valence-corrected chi connectivity index (χ3v) is 7.49. The maximum absolute atomic E-state index is 13.1. The van der Waals surface area contributed by atoms with E-state index in [4.69, 9.17) is 11.1 Å². The van der Waals surface area contributed by atoms with Crippen LogP contribution in [0.15, 0.2) is 78.9 Å². The summed E-state index contributed by atoms with van der Waals surface area (Å²) in [6.07, 6.45) is 1.06. The standard InChI is InChI=1S/C31H37N5O5S/c32-30(33)24-11-6-22(7-12-24)19-34-31(41)27(16-17-29(39)40)35-28(38)18-25(13-8-21-9-14-26(37)15-10-21)36-42-20-23-4-2-1-3-5-23/h1-7,9-12,14-15,25,27,36-37H,8,13,16-20H2,(H3,32,33)(H,34,41)(H,35,38)(H,39,40). The average molecular weight is 592 g/mol. The lowest BCUT2D eigenvalue weighted by Crippen LogP contribution is -2.48. The third kappa shape index (κ3) is 11.6. The fraction of sp³-hybridized carbons (Fsp3) is 0.290. The number of hydrogen-bond acceptors (Lipinski definition) is 7. The van der Waals surface area contributed by atoms with Crippen molar-refractivity contribution in [3.05, 3.63) is 101 Å². The van der Waals surface area contributed by atoms with Gasteiger partial charge in [-0.05, 0) is 48.1 Å². The zero-order valence-electron chi connectivity index (χ0n) is 23.2. The number of aryl methyl sites for hydroxylation is 1. The molecule has 11 heteroatoms. The van der Waals surface area contributed by atoms with E-state index in [1.165, 1.54) is 11.9 Å². The molecule has 0 aliphatic rings. The number of rotatable bonds is 17. The zero-order chi connectivity index (χ0) is 30.3. The summed E-state index contributed by atoms with van der Waals surface area (Å²) in [5, 5.41) is 31.7. The monoisotopic (exact) mass is 591 g/mol. The molecule has 8 N–H and O–H groups in total. The molecule has 0 spiro atoms. The second-order valence-electron chi connectivity index (χ2n) is 9.88. The molecular formula is C31H37N5O5S. The first kappa shape index (κ1) is 32.2. The van der Waals surface area contributed by atoms with Gasteiger partial charge in [0.25, 0.3) is 0 Å². The number of carboxylic acid groups (broad SMARTS) is 1. The smallest absolute Gasteiger partial charge is 0.303 e. The van der Waals surface area contributed by atoms with Gasteiger partial charge in [-0.2, -0.15) is 0 Å². The Balaban J connectivity index is 1.60. The average Bonchev–Trinajstić information content (AvgIpc) is 2.98. The molecule has 2 unspecified atom stereocenters. The highest BCUT2D eigenvalue weighted by Gasteiger charge is 2.23. The summed E-state index contributed by atoms with van der Waals surface area (Å²) in [7, 11) is 0. The van der Waals surface area contributed by atoms with E-state index in [-0.39, 0.29) is 49.3 Å². The Morgan fingerprint density at radius 3 is 2.19 bits per heavy atom. The highest BCUT2D eigenvalue weighted by atomic mass is 32.2. The molecule has 222 valence electrons. The van der Waals surface area contributed by atoms with Crippen LogP contribution in [-0.4, -0.2) is 45.9 Å². The van der Waals surface area contributed by atoms with Crippen LogP contribution >= 0.6 is 11.9 Å². The predicted molar refractivity (Wildman–Crippen MR) is 164 cm³/mol. The number of nitrogens with two attached hydrogens (primary N) is 1. The first-order valence-corrected chi connectivity index (χ1v) is 14.6. The van der Waals surface area contributed by atoms with Crippen LogP contribution in [0.3, 0.4) is 0 Å². The van der Waals surface area contributed by atoms with Crippen LogP contribution in [-0.2, 0) is 33.1 Å². The Bertz CT molecular complexity index is 1320. The number of aromatic hydroxyl groups is 1. The number of carboxylic acids is 1. The molecule has 0 fully saturated rings. The Hall–Kier alpha value is -4.35. The summed E-state index contributed by atoms with van der Waals surface area (Å²) in [5.74, 6) is -1.08. The number of benzene rings is 3. The molecule has 3 rings (SSSR count). The lowest BCUT2D eigenvalue weighted by atomic mass is 10.0. The number of phenolic OH excluding ortho intramolecular Hbond substituents is 1. The van der Waals surface area contributed by atoms with Gasteiger partial charge < -0.3 is 26.6 Å². The fourth-order valence-electron chi connectivity index (χ4n) is 4.15. The van der Waals surface area contributed by atoms with Gasteiger partial charge in [0.1, 0.15) is 17.6 Å². The van der Waals surface area contributed by atoms with Crippen molar-refractivity contribution in [2.24, 2.45) is 5.73 Å². The van der Waals surface area contributed by atoms with E-state index in [0.29, 0.717) is 24.2 Å². The number of phenols is 1. The molecule has 3 aromatic carbocycles. The molecule has 0 heterocycles. The molecule has 42 heavy (non-hydrogen) atoms. The number of amides is 2. The van der Waals surface area contributed by atoms with E-state index >= 15 is 0 Å². The SMILES string of the molecule is N=C(N)c1ccc(CNC(=O)C(CCC(=O)O)NC(=O)CC(CCc2ccc(O)cc2)NSCc2ccccc2)cc1. The maximum atomic E-state index is 13.1. The van der Waals surface area contributed by atoms with Gasteiger partial charge in [-0.1, -0.05) is 78.7 Å². The number of carbonyl (C=O) groups is 3. The topological polar surface area (TPSA) is 178 Å². The van der Waals surface area contributed by atoms with E-state index < -0.39 is 17.9 Å². The first-order chi connectivity index (χ1) is 20.2. The second-order valence-corrected chi connectivity index (χ2v) is 10.7. The zero-order valence-corrected chi connectivity index (χ0v) is 24.0. The quantitative estimate of drug-likeness (QED) is 0.0709. The van der Waals surface area contributed by atoms with Crippen molar-refractivity contribution in [1.29, 1.82) is 5.41 Å². The van der Waals surface area contributed by atoms with Gasteiger partial charge in [-0.25, -0.2) is 0 Å². The number of nitrogen functional groups attached to an aromatic ring is 1. The summed E-state index contributed by atoms with van der Waals surface area (Å²) < 4.78 is 3.38.